The van der Waals surface area contributed by atoms with Crippen molar-refractivity contribution < 1.29 is 5.11 Å². The van der Waals surface area contributed by atoms with E-state index in [9.17, 15) is 5.11 Å². The van der Waals surface area contributed by atoms with Crippen LogP contribution < -0.4 is 4.90 Å². The lowest BCUT2D eigenvalue weighted by molar-refractivity contribution is 0.199. The Hall–Kier alpha value is -0.730. The molecule has 1 aromatic rings. The molecule has 0 aliphatic rings. The number of benzene rings is 1. The molecule has 84 valence electrons. The van der Waals surface area contributed by atoms with Gasteiger partial charge in [0.25, 0.3) is 0 Å². The number of hydrogen-bond donors (Lipinski definition) is 1. The molecule has 0 radical (unpaired) electrons. The first kappa shape index (κ1) is 12.3. The molecule has 1 atom stereocenters. The predicted octanol–water partition coefficient (Wildman–Crippen LogP) is 3.24. The second-order valence-electron chi connectivity index (χ2n) is 4.09. The smallest absolute Gasteiger partial charge is 0.0762 e. The van der Waals surface area contributed by atoms with Gasteiger partial charge in [-0.05, 0) is 38.5 Å². The number of anilines is 1. The van der Waals surface area contributed by atoms with E-state index in [-0.39, 0.29) is 0 Å². The van der Waals surface area contributed by atoms with E-state index in [1.54, 1.807) is 6.92 Å². The minimum atomic E-state index is -0.471. The van der Waals surface area contributed by atoms with Crippen LogP contribution in [0.3, 0.4) is 0 Å². The van der Waals surface area contributed by atoms with Gasteiger partial charge in [-0.25, -0.2) is 0 Å². The first-order valence-electron chi connectivity index (χ1n) is 5.13. The summed E-state index contributed by atoms with van der Waals surface area (Å²) in [5.74, 6) is 0. The van der Waals surface area contributed by atoms with Crippen LogP contribution in [0.25, 0.3) is 0 Å². The first-order valence-corrected chi connectivity index (χ1v) is 5.51. The molecule has 1 rings (SSSR count). The Labute approximate surface area is 96.5 Å². The van der Waals surface area contributed by atoms with Gasteiger partial charge in [-0.1, -0.05) is 17.7 Å². The molecule has 0 fully saturated rings. The van der Waals surface area contributed by atoms with Gasteiger partial charge in [0.2, 0.25) is 0 Å². The largest absolute Gasteiger partial charge is 0.389 e. The van der Waals surface area contributed by atoms with Gasteiger partial charge in [0.15, 0.2) is 0 Å². The van der Waals surface area contributed by atoms with Crippen molar-refractivity contribution >= 4 is 17.3 Å². The highest BCUT2D eigenvalue weighted by Gasteiger charge is 2.10. The summed E-state index contributed by atoms with van der Waals surface area (Å²) in [6, 6.07) is 6.08. The average molecular weight is 228 g/mol. The summed E-state index contributed by atoms with van der Waals surface area (Å²) in [5.41, 5.74) is 1.84. The summed E-state index contributed by atoms with van der Waals surface area (Å²) >= 11 is 6.16. The highest BCUT2D eigenvalue weighted by atomic mass is 35.5. The minimum absolute atomic E-state index is 0.403. The molecule has 0 aliphatic heterocycles. The van der Waals surface area contributed by atoms with Gasteiger partial charge in [-0.3, -0.25) is 0 Å². The Morgan fingerprint density at radius 3 is 2.27 bits per heavy atom. The highest BCUT2D eigenvalue weighted by Crippen LogP contribution is 2.29. The van der Waals surface area contributed by atoms with E-state index < -0.39 is 6.10 Å². The monoisotopic (exact) mass is 227 g/mol. The molecule has 0 spiro atoms. The van der Waals surface area contributed by atoms with Crippen molar-refractivity contribution in [3.05, 3.63) is 28.8 Å². The molecule has 1 aromatic carbocycles. The van der Waals surface area contributed by atoms with E-state index >= 15 is 0 Å². The van der Waals surface area contributed by atoms with E-state index in [0.717, 1.165) is 11.3 Å². The summed E-state index contributed by atoms with van der Waals surface area (Å²) in [4.78, 5) is 2.11. The Kier molecular flexibility index (Phi) is 4.00. The molecule has 0 aromatic heterocycles. The fourth-order valence-electron chi connectivity index (χ4n) is 1.35. The summed E-state index contributed by atoms with van der Waals surface area (Å²) in [5, 5.41) is 10.1. The van der Waals surface area contributed by atoms with Crippen LogP contribution >= 0.6 is 11.6 Å². The standard InChI is InChI=1S/C12H18ClNO/c1-8(2)14(4)12-6-5-10(9(3)15)7-11(12)13/h5-9,15H,1-4H3/t9-/m0/s1. The molecule has 15 heavy (non-hydrogen) atoms. The molecular weight excluding hydrogens is 210 g/mol. The zero-order valence-corrected chi connectivity index (χ0v) is 10.4. The molecule has 1 N–H and O–H groups in total. The molecule has 0 bridgehead atoms. The number of nitrogens with zero attached hydrogens (tertiary/aromatic N) is 1. The number of aliphatic hydroxyl groups is 1. The van der Waals surface area contributed by atoms with Gasteiger partial charge in [0, 0.05) is 13.1 Å². The Morgan fingerprint density at radius 1 is 1.27 bits per heavy atom. The van der Waals surface area contributed by atoms with Gasteiger partial charge >= 0.3 is 0 Å². The van der Waals surface area contributed by atoms with E-state index in [1.807, 2.05) is 25.2 Å². The highest BCUT2D eigenvalue weighted by molar-refractivity contribution is 6.33. The summed E-state index contributed by atoms with van der Waals surface area (Å²) in [6.07, 6.45) is -0.471. The maximum Gasteiger partial charge on any atom is 0.0762 e. The summed E-state index contributed by atoms with van der Waals surface area (Å²) in [6.45, 7) is 5.95. The molecule has 0 saturated carbocycles. The third-order valence-electron chi connectivity index (χ3n) is 2.61. The van der Waals surface area contributed by atoms with E-state index in [2.05, 4.69) is 18.7 Å². The zero-order valence-electron chi connectivity index (χ0n) is 9.66. The number of halogens is 1. The number of hydrogen-bond acceptors (Lipinski definition) is 2. The van der Waals surface area contributed by atoms with Crippen molar-refractivity contribution in [2.75, 3.05) is 11.9 Å². The molecule has 3 heteroatoms. The predicted molar refractivity (Wildman–Crippen MR) is 65.6 cm³/mol. The van der Waals surface area contributed by atoms with Crippen LogP contribution in [0.2, 0.25) is 5.02 Å². The Bertz CT molecular complexity index is 336. The second-order valence-corrected chi connectivity index (χ2v) is 4.50. The van der Waals surface area contributed by atoms with Gasteiger partial charge in [0.1, 0.15) is 0 Å². The molecule has 0 unspecified atom stereocenters. The van der Waals surface area contributed by atoms with Crippen LogP contribution in [0.1, 0.15) is 32.4 Å². The quantitative estimate of drug-likeness (QED) is 0.857. The first-order chi connectivity index (χ1) is 6.93. The summed E-state index contributed by atoms with van der Waals surface area (Å²) < 4.78 is 0. The van der Waals surface area contributed by atoms with Crippen molar-refractivity contribution in [1.82, 2.24) is 0 Å². The zero-order chi connectivity index (χ0) is 11.6. The molecule has 0 heterocycles. The molecular formula is C12H18ClNO. The average Bonchev–Trinajstić information content (AvgIpc) is 2.16. The van der Waals surface area contributed by atoms with Crippen molar-refractivity contribution in [2.45, 2.75) is 32.9 Å². The molecule has 0 aliphatic carbocycles. The van der Waals surface area contributed by atoms with Crippen LogP contribution in [0.5, 0.6) is 0 Å². The Balaban J connectivity index is 3.03. The Morgan fingerprint density at radius 2 is 1.87 bits per heavy atom. The fraction of sp³-hybridized carbons (Fsp3) is 0.500. The molecule has 2 nitrogen and oxygen atoms in total. The van der Waals surface area contributed by atoms with Crippen molar-refractivity contribution in [3.63, 3.8) is 0 Å². The maximum atomic E-state index is 9.41. The van der Waals surface area contributed by atoms with Gasteiger partial charge < -0.3 is 10.0 Å². The van der Waals surface area contributed by atoms with Crippen molar-refractivity contribution in [3.8, 4) is 0 Å². The van der Waals surface area contributed by atoms with Gasteiger partial charge in [-0.2, -0.15) is 0 Å². The lowest BCUT2D eigenvalue weighted by Crippen LogP contribution is -2.25. The van der Waals surface area contributed by atoms with Crippen molar-refractivity contribution in [2.24, 2.45) is 0 Å². The van der Waals surface area contributed by atoms with Gasteiger partial charge in [-0.15, -0.1) is 0 Å². The van der Waals surface area contributed by atoms with Crippen molar-refractivity contribution in [1.29, 1.82) is 0 Å². The van der Waals surface area contributed by atoms with Crippen LogP contribution in [0.4, 0.5) is 5.69 Å². The maximum absolute atomic E-state index is 9.41. The fourth-order valence-corrected chi connectivity index (χ4v) is 1.67. The SMILES string of the molecule is CC(C)N(C)c1ccc([C@H](C)O)cc1Cl. The number of aliphatic hydroxyl groups excluding tert-OH is 1. The van der Waals surface area contributed by atoms with Crippen LogP contribution in [0.15, 0.2) is 18.2 Å². The minimum Gasteiger partial charge on any atom is -0.389 e. The topological polar surface area (TPSA) is 23.5 Å². The molecule has 0 amide bonds. The third kappa shape index (κ3) is 2.86. The van der Waals surface area contributed by atoms with Crippen LogP contribution in [0, 0.1) is 0 Å². The lowest BCUT2D eigenvalue weighted by atomic mass is 10.1. The van der Waals surface area contributed by atoms with E-state index in [1.165, 1.54) is 0 Å². The van der Waals surface area contributed by atoms with E-state index in [0.29, 0.717) is 11.1 Å². The van der Waals surface area contributed by atoms with Crippen LogP contribution in [-0.2, 0) is 0 Å². The number of rotatable bonds is 3. The third-order valence-corrected chi connectivity index (χ3v) is 2.91. The molecule has 0 saturated heterocycles. The van der Waals surface area contributed by atoms with Crippen LogP contribution in [-0.4, -0.2) is 18.2 Å². The van der Waals surface area contributed by atoms with Gasteiger partial charge in [0.05, 0.1) is 16.8 Å². The van der Waals surface area contributed by atoms with E-state index in [4.69, 9.17) is 11.6 Å². The summed E-state index contributed by atoms with van der Waals surface area (Å²) in [7, 11) is 2.01. The lowest BCUT2D eigenvalue weighted by Gasteiger charge is -2.25. The second kappa shape index (κ2) is 4.86. The normalized spacial score (nSPS) is 13.0.